The maximum atomic E-state index is 12.2. The number of benzene rings is 4. The number of halogens is 1. The number of carbonyl (C=O) groups is 2. The van der Waals surface area contributed by atoms with Gasteiger partial charge in [0.2, 0.25) is 13.6 Å². The van der Waals surface area contributed by atoms with Gasteiger partial charge in [-0.2, -0.15) is 0 Å². The molecule has 0 unspecified atom stereocenters. The van der Waals surface area contributed by atoms with Crippen LogP contribution in [0.1, 0.15) is 25.0 Å². The number of nitrogens with one attached hydrogen (secondary N) is 1. The van der Waals surface area contributed by atoms with Gasteiger partial charge in [-0.3, -0.25) is 9.59 Å². The molecule has 0 spiro atoms. The van der Waals surface area contributed by atoms with E-state index in [9.17, 15) is 9.59 Å². The summed E-state index contributed by atoms with van der Waals surface area (Å²) in [5.74, 6) is 4.31. The normalized spacial score (nSPS) is 13.8. The van der Waals surface area contributed by atoms with Crippen LogP contribution in [0.3, 0.4) is 0 Å². The number of Topliss-reactive ketones (excluding diaryl/α,β-unsaturated/α-hetero) is 2. The minimum atomic E-state index is -0.0586. The van der Waals surface area contributed by atoms with Gasteiger partial charge in [0.1, 0.15) is 11.5 Å². The van der Waals surface area contributed by atoms with Crippen molar-refractivity contribution in [2.24, 2.45) is 0 Å². The summed E-state index contributed by atoms with van der Waals surface area (Å²) in [6, 6.07) is 22.9. The lowest BCUT2D eigenvalue weighted by molar-refractivity contribution is -0.117. The van der Waals surface area contributed by atoms with E-state index in [0.29, 0.717) is 43.4 Å². The van der Waals surface area contributed by atoms with Crippen molar-refractivity contribution in [3.8, 4) is 34.5 Å². The standard InChI is InChI=1S/C18H18ClNO4.C18H17NO4/c1-2-22-16-6-4-3-5-14(16)20-15-9-18-17(23-11-24-18)8-12(15)7-13(21)10-19;1-2-21-16-6-4-3-5-14(16)19-10-13(20)7-12-8-17-18(9-15(12)19)23-11-22-17/h3-6,8-9,20H,2,7,10-11H2,1H3;3-6,8-9H,2,7,10-11H2,1H3. The van der Waals surface area contributed by atoms with E-state index in [4.69, 9.17) is 40.0 Å². The third-order valence-electron chi connectivity index (χ3n) is 7.63. The third-order valence-corrected chi connectivity index (χ3v) is 7.93. The first-order chi connectivity index (χ1) is 23.0. The van der Waals surface area contributed by atoms with Crippen LogP contribution in [0.2, 0.25) is 0 Å². The van der Waals surface area contributed by atoms with Gasteiger partial charge < -0.3 is 38.6 Å². The van der Waals surface area contributed by atoms with Crippen LogP contribution in [0.4, 0.5) is 22.7 Å². The molecule has 4 aromatic carbocycles. The molecule has 4 aromatic rings. The van der Waals surface area contributed by atoms with Crippen LogP contribution in [0.15, 0.2) is 72.8 Å². The van der Waals surface area contributed by atoms with Crippen LogP contribution in [-0.4, -0.2) is 50.8 Å². The summed E-state index contributed by atoms with van der Waals surface area (Å²) >= 11 is 5.65. The highest BCUT2D eigenvalue weighted by Crippen LogP contribution is 2.44. The molecule has 11 heteroatoms. The Balaban J connectivity index is 0.000000164. The second kappa shape index (κ2) is 14.6. The Hall–Kier alpha value is -5.09. The number of hydrogen-bond donors (Lipinski definition) is 1. The molecule has 0 saturated heterocycles. The molecular formula is C36H35ClN2O8. The zero-order valence-corrected chi connectivity index (χ0v) is 26.9. The molecule has 0 saturated carbocycles. The maximum Gasteiger partial charge on any atom is 0.231 e. The molecule has 7 rings (SSSR count). The van der Waals surface area contributed by atoms with Gasteiger partial charge in [-0.15, -0.1) is 11.6 Å². The smallest absolute Gasteiger partial charge is 0.231 e. The summed E-state index contributed by atoms with van der Waals surface area (Å²) < 4.78 is 33.1. The molecule has 3 aliphatic heterocycles. The molecular weight excluding hydrogens is 624 g/mol. The Morgan fingerprint density at radius 2 is 1.40 bits per heavy atom. The summed E-state index contributed by atoms with van der Waals surface area (Å²) in [5, 5.41) is 3.33. The van der Waals surface area contributed by atoms with Gasteiger partial charge in [0.15, 0.2) is 34.6 Å². The average molecular weight is 659 g/mol. The molecule has 0 radical (unpaired) electrons. The summed E-state index contributed by atoms with van der Waals surface area (Å²) in [7, 11) is 0. The van der Waals surface area contributed by atoms with Gasteiger partial charge in [-0.25, -0.2) is 0 Å². The number of ketones is 2. The fraction of sp³-hybridized carbons (Fsp3) is 0.278. The fourth-order valence-electron chi connectivity index (χ4n) is 5.57. The number of alkyl halides is 1. The highest BCUT2D eigenvalue weighted by molar-refractivity contribution is 6.27. The number of nitrogens with zero attached hydrogens (tertiary/aromatic N) is 1. The quantitative estimate of drug-likeness (QED) is 0.179. The van der Waals surface area contributed by atoms with E-state index in [2.05, 4.69) is 5.32 Å². The Kier molecular flexibility index (Phi) is 9.87. The lowest BCUT2D eigenvalue weighted by Crippen LogP contribution is -2.32. The Morgan fingerprint density at radius 3 is 2.13 bits per heavy atom. The van der Waals surface area contributed by atoms with Crippen LogP contribution in [0.5, 0.6) is 34.5 Å². The molecule has 0 aliphatic carbocycles. The first-order valence-electron chi connectivity index (χ1n) is 15.4. The minimum Gasteiger partial charge on any atom is -0.492 e. The zero-order chi connectivity index (χ0) is 32.8. The van der Waals surface area contributed by atoms with E-state index in [1.165, 1.54) is 0 Å². The fourth-order valence-corrected chi connectivity index (χ4v) is 5.67. The van der Waals surface area contributed by atoms with E-state index in [-0.39, 0.29) is 37.5 Å². The first kappa shape index (κ1) is 31.9. The van der Waals surface area contributed by atoms with E-state index >= 15 is 0 Å². The molecule has 3 aliphatic rings. The average Bonchev–Trinajstić information content (AvgIpc) is 3.74. The van der Waals surface area contributed by atoms with Gasteiger partial charge in [0.05, 0.1) is 37.0 Å². The molecule has 0 fully saturated rings. The van der Waals surface area contributed by atoms with Gasteiger partial charge in [0.25, 0.3) is 0 Å². The van der Waals surface area contributed by atoms with Crippen molar-refractivity contribution in [1.82, 2.24) is 0 Å². The van der Waals surface area contributed by atoms with Crippen LogP contribution >= 0.6 is 11.6 Å². The lowest BCUT2D eigenvalue weighted by Gasteiger charge is -2.31. The molecule has 244 valence electrons. The van der Waals surface area contributed by atoms with Crippen molar-refractivity contribution < 1.29 is 38.0 Å². The van der Waals surface area contributed by atoms with Gasteiger partial charge in [-0.1, -0.05) is 24.3 Å². The number of anilines is 4. The number of rotatable bonds is 10. The molecule has 47 heavy (non-hydrogen) atoms. The topological polar surface area (TPSA) is 105 Å². The molecule has 0 aromatic heterocycles. The second-order valence-electron chi connectivity index (χ2n) is 10.8. The summed E-state index contributed by atoms with van der Waals surface area (Å²) in [6.07, 6.45) is 0.637. The number of carbonyl (C=O) groups excluding carboxylic acids is 2. The zero-order valence-electron chi connectivity index (χ0n) is 26.2. The van der Waals surface area contributed by atoms with Crippen LogP contribution in [-0.2, 0) is 22.4 Å². The number of para-hydroxylation sites is 4. The molecule has 1 N–H and O–H groups in total. The first-order valence-corrected chi connectivity index (χ1v) is 15.9. The van der Waals surface area contributed by atoms with Crippen molar-refractivity contribution in [2.45, 2.75) is 26.7 Å². The van der Waals surface area contributed by atoms with E-state index in [1.807, 2.05) is 91.5 Å². The summed E-state index contributed by atoms with van der Waals surface area (Å²) in [6.45, 7) is 5.76. The predicted octanol–water partition coefficient (Wildman–Crippen LogP) is 6.99. The van der Waals surface area contributed by atoms with Crippen molar-refractivity contribution >= 4 is 45.9 Å². The monoisotopic (exact) mass is 658 g/mol. The molecule has 10 nitrogen and oxygen atoms in total. The predicted molar refractivity (Wildman–Crippen MR) is 179 cm³/mol. The largest absolute Gasteiger partial charge is 0.492 e. The SMILES string of the molecule is CCOc1ccccc1N1CC(=O)Cc2cc3c(cc21)OCO3.CCOc1ccccc1Nc1cc2c(cc1CC(=O)CCl)OCO2. The van der Waals surface area contributed by atoms with E-state index in [1.54, 1.807) is 0 Å². The van der Waals surface area contributed by atoms with E-state index in [0.717, 1.165) is 51.1 Å². The molecule has 0 bridgehead atoms. The number of fused-ring (bicyclic) bond motifs is 3. The highest BCUT2D eigenvalue weighted by atomic mass is 35.5. The summed E-state index contributed by atoms with van der Waals surface area (Å²) in [4.78, 5) is 26.0. The van der Waals surface area contributed by atoms with Gasteiger partial charge in [-0.05, 0) is 61.4 Å². The molecule has 3 heterocycles. The van der Waals surface area contributed by atoms with Crippen molar-refractivity contribution in [2.75, 3.05) is 49.4 Å². The molecule has 0 atom stereocenters. The van der Waals surface area contributed by atoms with Crippen molar-refractivity contribution in [1.29, 1.82) is 0 Å². The van der Waals surface area contributed by atoms with Crippen LogP contribution in [0.25, 0.3) is 0 Å². The Morgan fingerprint density at radius 1 is 0.787 bits per heavy atom. The van der Waals surface area contributed by atoms with Crippen molar-refractivity contribution in [3.63, 3.8) is 0 Å². The molecule has 0 amide bonds. The lowest BCUT2D eigenvalue weighted by atomic mass is 9.99. The minimum absolute atomic E-state index is 0.0244. The number of hydrogen-bond acceptors (Lipinski definition) is 10. The second-order valence-corrected chi connectivity index (χ2v) is 11.1. The maximum absolute atomic E-state index is 12.2. The van der Waals surface area contributed by atoms with Crippen molar-refractivity contribution in [3.05, 3.63) is 83.9 Å². The Labute approximate surface area is 278 Å². The summed E-state index contributed by atoms with van der Waals surface area (Å²) in [5.41, 5.74) is 5.21. The highest BCUT2D eigenvalue weighted by Gasteiger charge is 2.29. The third kappa shape index (κ3) is 7.18. The van der Waals surface area contributed by atoms with Gasteiger partial charge in [0, 0.05) is 36.3 Å². The van der Waals surface area contributed by atoms with E-state index < -0.39 is 0 Å². The Bertz CT molecular complexity index is 1780. The van der Waals surface area contributed by atoms with Crippen LogP contribution in [0, 0.1) is 0 Å². The van der Waals surface area contributed by atoms with Crippen LogP contribution < -0.4 is 38.6 Å². The van der Waals surface area contributed by atoms with Gasteiger partial charge >= 0.3 is 0 Å². The number of ether oxygens (including phenoxy) is 6.